The van der Waals surface area contributed by atoms with E-state index in [1.54, 1.807) is 0 Å². The molecule has 58 heavy (non-hydrogen) atoms. The van der Waals surface area contributed by atoms with Crippen molar-refractivity contribution >= 4 is 19.8 Å². The third-order valence-corrected chi connectivity index (χ3v) is 11.9. The minimum atomic E-state index is -5.36. The van der Waals surface area contributed by atoms with E-state index in [1.807, 2.05) is 0 Å². The average molecular weight is 861 g/mol. The van der Waals surface area contributed by atoms with Gasteiger partial charge in [0.1, 0.15) is 43.2 Å². The quantitative estimate of drug-likeness (QED) is 0.0243. The van der Waals surface area contributed by atoms with Crippen LogP contribution in [-0.4, -0.2) is 93.4 Å². The minimum Gasteiger partial charge on any atom is -0.756 e. The minimum absolute atomic E-state index is 0. The molecule has 0 saturated heterocycles. The molecule has 1 rings (SSSR count). The van der Waals surface area contributed by atoms with Crippen molar-refractivity contribution in [2.75, 3.05) is 13.2 Å². The van der Waals surface area contributed by atoms with Crippen LogP contribution in [0.25, 0.3) is 0 Å². The summed E-state index contributed by atoms with van der Waals surface area (Å²) in [5.41, 5.74) is 0. The number of hydrogen-bond acceptors (Lipinski definition) is 13. The summed E-state index contributed by atoms with van der Waals surface area (Å²) in [5.74, 6) is -1.12. The third-order valence-electron chi connectivity index (χ3n) is 10.9. The Morgan fingerprint density at radius 2 is 0.810 bits per heavy atom. The molecule has 0 amide bonds. The van der Waals surface area contributed by atoms with Crippen molar-refractivity contribution in [1.29, 1.82) is 0 Å². The largest absolute Gasteiger partial charge is 1.00 e. The Balaban J connectivity index is 0.0000325. The van der Waals surface area contributed by atoms with E-state index in [0.717, 1.165) is 44.9 Å². The maximum Gasteiger partial charge on any atom is 1.00 e. The van der Waals surface area contributed by atoms with Crippen molar-refractivity contribution in [3.8, 4) is 0 Å². The van der Waals surface area contributed by atoms with Crippen molar-refractivity contribution in [1.82, 2.24) is 0 Å². The van der Waals surface area contributed by atoms with Crippen LogP contribution in [0.15, 0.2) is 0 Å². The first-order valence-corrected chi connectivity index (χ1v) is 24.3. The molecule has 3 unspecified atom stereocenters. The average Bonchev–Trinajstić information content (AvgIpc) is 3.19. The molecule has 0 aromatic rings. The van der Waals surface area contributed by atoms with E-state index >= 15 is 0 Å². The van der Waals surface area contributed by atoms with Gasteiger partial charge in [-0.05, 0) is 12.8 Å². The molecule has 0 aromatic carbocycles. The summed E-state index contributed by atoms with van der Waals surface area (Å²) >= 11 is 0. The molecule has 0 heterocycles. The molecule has 0 radical (unpaired) electrons. The number of hydrogen-bond donors (Lipinski definition) is 5. The Morgan fingerprint density at radius 1 is 0.500 bits per heavy atom. The summed E-state index contributed by atoms with van der Waals surface area (Å²) in [4.78, 5) is 37.9. The van der Waals surface area contributed by atoms with Crippen molar-refractivity contribution in [3.05, 3.63) is 0 Å². The maximum absolute atomic E-state index is 12.7. The summed E-state index contributed by atoms with van der Waals surface area (Å²) in [6.07, 6.45) is 19.7. The van der Waals surface area contributed by atoms with Crippen molar-refractivity contribution in [3.63, 3.8) is 0 Å². The number of aliphatic hydroxyl groups is 5. The maximum atomic E-state index is 12.7. The molecule has 338 valence electrons. The molecule has 0 aromatic heterocycles. The van der Waals surface area contributed by atoms with Gasteiger partial charge >= 0.3 is 41.5 Å². The van der Waals surface area contributed by atoms with Gasteiger partial charge in [-0.15, -0.1) is 0 Å². The van der Waals surface area contributed by atoms with Crippen LogP contribution >= 0.6 is 7.82 Å². The van der Waals surface area contributed by atoms with Crippen molar-refractivity contribution in [2.45, 2.75) is 249 Å². The molecule has 1 fully saturated rings. The van der Waals surface area contributed by atoms with E-state index in [2.05, 4.69) is 13.8 Å². The fourth-order valence-corrected chi connectivity index (χ4v) is 8.18. The number of esters is 2. The molecule has 0 spiro atoms. The molecule has 0 aliphatic heterocycles. The molecule has 1 saturated carbocycles. The normalized spacial score (nSPS) is 22.2. The first kappa shape index (κ1) is 57.9. The van der Waals surface area contributed by atoms with Gasteiger partial charge in [0.25, 0.3) is 7.82 Å². The van der Waals surface area contributed by atoms with E-state index in [1.165, 1.54) is 122 Å². The van der Waals surface area contributed by atoms with E-state index in [-0.39, 0.29) is 42.4 Å². The summed E-state index contributed by atoms with van der Waals surface area (Å²) in [5, 5.41) is 50.0. The Labute approximate surface area is 373 Å². The van der Waals surface area contributed by atoms with Gasteiger partial charge in [-0.3, -0.25) is 14.2 Å². The monoisotopic (exact) mass is 861 g/mol. The molecule has 0 bridgehead atoms. The molecular formula is C43H82NaO13P. The number of phosphoric acid groups is 1. The van der Waals surface area contributed by atoms with E-state index in [9.17, 15) is 44.6 Å². The zero-order valence-corrected chi connectivity index (χ0v) is 39.5. The number of ether oxygens (including phenoxy) is 2. The van der Waals surface area contributed by atoms with E-state index in [4.69, 9.17) is 18.5 Å². The number of carbonyl (C=O) groups is 2. The van der Waals surface area contributed by atoms with Crippen molar-refractivity contribution < 1.29 is 92.7 Å². The summed E-state index contributed by atoms with van der Waals surface area (Å²) in [6, 6.07) is 0. The number of unbranched alkanes of at least 4 members (excludes halogenated alkanes) is 26. The fraction of sp³-hybridized carbons (Fsp3) is 0.953. The molecular weight excluding hydrogens is 778 g/mol. The van der Waals surface area contributed by atoms with Crippen LogP contribution < -0.4 is 34.5 Å². The SMILES string of the molecule is CCCCCCCCCCCCCCCCC(=O)OC[C@H](COP(=O)([O-])OC1[C@H](O)[C@H](O)C(O)[C@H](O)[C@H]1O)OC(=O)CCCCCCCCCCCCCCCC.[Na+]. The van der Waals surface area contributed by atoms with Gasteiger partial charge in [-0.2, -0.15) is 0 Å². The standard InChI is InChI=1S/C43H83O13P.Na/c1-3-5-7-9-11-13-15-17-19-21-23-25-27-29-31-36(44)53-33-35(34-54-57(51,52)56-43-41(49)39(47)38(46)40(48)42(43)50)55-37(45)32-30-28-26-24-22-20-18-16-14-12-10-8-6-4-2;/h35,38-43,46-50H,3-34H2,1-2H3,(H,51,52);/q;+1/p-1/t35-,38?,39-,40+,41-,42-,43?;/m1./s1. The number of carbonyl (C=O) groups excluding carboxylic acids is 2. The van der Waals surface area contributed by atoms with E-state index < -0.39 is 75.7 Å². The first-order valence-electron chi connectivity index (χ1n) is 22.8. The zero-order chi connectivity index (χ0) is 42.2. The van der Waals surface area contributed by atoms with Crippen LogP contribution in [0.5, 0.6) is 0 Å². The molecule has 5 N–H and O–H groups in total. The van der Waals surface area contributed by atoms with Gasteiger partial charge in [0.05, 0.1) is 6.61 Å². The number of rotatable bonds is 38. The Hall–Kier alpha value is -0.150. The fourth-order valence-electron chi connectivity index (χ4n) is 7.22. The Kier molecular flexibility index (Phi) is 37.3. The predicted octanol–water partition coefficient (Wildman–Crippen LogP) is 4.88. The van der Waals surface area contributed by atoms with Crippen molar-refractivity contribution in [2.24, 2.45) is 0 Å². The van der Waals surface area contributed by atoms with Gasteiger partial charge < -0.3 is 48.9 Å². The van der Waals surface area contributed by atoms with Crippen LogP contribution in [0.4, 0.5) is 0 Å². The van der Waals surface area contributed by atoms with Crippen LogP contribution in [-0.2, 0) is 32.7 Å². The Bertz CT molecular complexity index is 1020. The summed E-state index contributed by atoms with van der Waals surface area (Å²) in [7, 11) is -5.36. The molecule has 8 atom stereocenters. The Morgan fingerprint density at radius 3 is 1.17 bits per heavy atom. The molecule has 1 aliphatic carbocycles. The van der Waals surface area contributed by atoms with E-state index in [0.29, 0.717) is 12.8 Å². The van der Waals surface area contributed by atoms with Gasteiger partial charge in [0.15, 0.2) is 6.10 Å². The summed E-state index contributed by atoms with van der Waals surface area (Å²) < 4.78 is 33.1. The van der Waals surface area contributed by atoms with Gasteiger partial charge in [-0.25, -0.2) is 0 Å². The summed E-state index contributed by atoms with van der Waals surface area (Å²) in [6.45, 7) is 3.22. The number of aliphatic hydroxyl groups excluding tert-OH is 5. The smallest absolute Gasteiger partial charge is 0.756 e. The van der Waals surface area contributed by atoms with Gasteiger partial charge in [0.2, 0.25) is 0 Å². The predicted molar refractivity (Wildman–Crippen MR) is 219 cm³/mol. The second kappa shape index (κ2) is 37.4. The van der Waals surface area contributed by atoms with Crippen LogP contribution in [0, 0.1) is 0 Å². The molecule has 13 nitrogen and oxygen atoms in total. The third kappa shape index (κ3) is 29.2. The second-order valence-corrected chi connectivity index (χ2v) is 17.6. The van der Waals surface area contributed by atoms with Crippen LogP contribution in [0.3, 0.4) is 0 Å². The van der Waals surface area contributed by atoms with Crippen LogP contribution in [0.1, 0.15) is 206 Å². The molecule has 1 aliphatic rings. The van der Waals surface area contributed by atoms with Gasteiger partial charge in [0, 0.05) is 12.8 Å². The molecule has 15 heteroatoms. The zero-order valence-electron chi connectivity index (χ0n) is 36.6. The van der Waals surface area contributed by atoms with Crippen LogP contribution in [0.2, 0.25) is 0 Å². The topological polar surface area (TPSA) is 212 Å². The first-order chi connectivity index (χ1) is 27.4. The second-order valence-electron chi connectivity index (χ2n) is 16.3. The number of phosphoric ester groups is 1. The van der Waals surface area contributed by atoms with Gasteiger partial charge in [-0.1, -0.05) is 181 Å².